The lowest BCUT2D eigenvalue weighted by atomic mass is 10.0. The Bertz CT molecular complexity index is 1920. The van der Waals surface area contributed by atoms with Gasteiger partial charge in [0.15, 0.2) is 0 Å². The highest BCUT2D eigenvalue weighted by molar-refractivity contribution is 6.29. The Morgan fingerprint density at radius 1 is 0.727 bits per heavy atom. The summed E-state index contributed by atoms with van der Waals surface area (Å²) in [5.74, 6) is 1.52. The molecule has 8 nitrogen and oxygen atoms in total. The topological polar surface area (TPSA) is 123 Å². The Morgan fingerprint density at radius 3 is 1.64 bits per heavy atom. The summed E-state index contributed by atoms with van der Waals surface area (Å²) in [6.45, 7) is 1.94. The van der Waals surface area contributed by atoms with Crippen molar-refractivity contribution in [3.8, 4) is 23.6 Å². The van der Waals surface area contributed by atoms with Gasteiger partial charge in [-0.05, 0) is 78.7 Å². The summed E-state index contributed by atoms with van der Waals surface area (Å²) in [5, 5.41) is 21.3. The molecule has 0 aliphatic heterocycles. The van der Waals surface area contributed by atoms with E-state index in [1.807, 2.05) is 80.0 Å². The van der Waals surface area contributed by atoms with Crippen LogP contribution in [0.5, 0.6) is 11.5 Å². The number of halogens is 1. The van der Waals surface area contributed by atoms with Gasteiger partial charge in [-0.15, -0.1) is 0 Å². The van der Waals surface area contributed by atoms with Crippen molar-refractivity contribution in [2.45, 2.75) is 6.92 Å². The first-order valence-corrected chi connectivity index (χ1v) is 13.9. The molecule has 6 rings (SSSR count). The lowest BCUT2D eigenvalue weighted by Gasteiger charge is -2.02. The number of aromatic amines is 2. The molecular weight excluding hydrogens is 572 g/mol. The standard InChI is InChI=1S/C18H15N3O.C17H12ClN3O/c1-12-3-4-13(10-20-12)7-14(9-19)17-11-21-18-6-5-15(22-2)8-16(17)18;1-22-13-3-4-16-14(7-13)15(10-20-16)12(8-19)6-11-2-5-17(18)21-9-11/h3-8,10-11,21H,1-2H3;2-7,9-10,20H,1H3/b14-7+;12-6+. The molecule has 4 heterocycles. The van der Waals surface area contributed by atoms with Crippen LogP contribution in [0.25, 0.3) is 45.1 Å². The van der Waals surface area contributed by atoms with Gasteiger partial charge in [-0.3, -0.25) is 4.98 Å². The lowest BCUT2D eigenvalue weighted by molar-refractivity contribution is 0.415. The van der Waals surface area contributed by atoms with Crippen LogP contribution < -0.4 is 9.47 Å². The molecule has 0 atom stereocenters. The Labute approximate surface area is 259 Å². The minimum absolute atomic E-state index is 0.424. The number of nitrogens with one attached hydrogen (secondary N) is 2. The molecule has 2 aromatic carbocycles. The number of aryl methyl sites for hydroxylation is 1. The normalized spacial score (nSPS) is 11.4. The number of allylic oxidation sites excluding steroid dienone is 2. The van der Waals surface area contributed by atoms with Crippen LogP contribution in [0.1, 0.15) is 27.9 Å². The first-order chi connectivity index (χ1) is 21.4. The number of rotatable bonds is 6. The molecule has 0 bridgehead atoms. The average molecular weight is 599 g/mol. The van der Waals surface area contributed by atoms with Crippen molar-refractivity contribution < 1.29 is 9.47 Å². The number of benzene rings is 2. The number of hydrogen-bond donors (Lipinski definition) is 2. The van der Waals surface area contributed by atoms with Crippen LogP contribution in [0.2, 0.25) is 5.15 Å². The predicted octanol–water partition coefficient (Wildman–Crippen LogP) is 8.23. The van der Waals surface area contributed by atoms with E-state index in [1.54, 1.807) is 38.8 Å². The number of pyridine rings is 2. The smallest absolute Gasteiger partial charge is 0.129 e. The minimum Gasteiger partial charge on any atom is -0.497 e. The molecule has 4 aromatic heterocycles. The van der Waals surface area contributed by atoms with Gasteiger partial charge in [0, 0.05) is 63.4 Å². The monoisotopic (exact) mass is 598 g/mol. The van der Waals surface area contributed by atoms with Crippen LogP contribution in [-0.4, -0.2) is 34.2 Å². The number of nitriles is 2. The summed E-state index contributed by atoms with van der Waals surface area (Å²) in [6.07, 6.45) is 10.7. The van der Waals surface area contributed by atoms with E-state index < -0.39 is 0 Å². The summed E-state index contributed by atoms with van der Waals surface area (Å²) in [7, 11) is 3.25. The van der Waals surface area contributed by atoms with Crippen LogP contribution in [0.4, 0.5) is 0 Å². The number of methoxy groups -OCH3 is 2. The molecule has 6 aromatic rings. The van der Waals surface area contributed by atoms with E-state index in [0.29, 0.717) is 16.3 Å². The van der Waals surface area contributed by atoms with Gasteiger partial charge in [0.1, 0.15) is 16.7 Å². The third-order valence-corrected chi connectivity index (χ3v) is 7.13. The first-order valence-electron chi connectivity index (χ1n) is 13.5. The van der Waals surface area contributed by atoms with E-state index in [0.717, 1.165) is 61.3 Å². The van der Waals surface area contributed by atoms with Gasteiger partial charge in [-0.1, -0.05) is 23.7 Å². The van der Waals surface area contributed by atoms with Crippen molar-refractivity contribution in [1.82, 2.24) is 19.9 Å². The molecule has 0 saturated heterocycles. The fourth-order valence-electron chi connectivity index (χ4n) is 4.61. The van der Waals surface area contributed by atoms with Gasteiger partial charge in [0.25, 0.3) is 0 Å². The fourth-order valence-corrected chi connectivity index (χ4v) is 4.72. The number of hydrogen-bond acceptors (Lipinski definition) is 6. The number of nitrogens with zero attached hydrogens (tertiary/aromatic N) is 4. The number of ether oxygens (including phenoxy) is 2. The van der Waals surface area contributed by atoms with E-state index in [2.05, 4.69) is 32.1 Å². The van der Waals surface area contributed by atoms with Gasteiger partial charge in [0.2, 0.25) is 0 Å². The van der Waals surface area contributed by atoms with E-state index in [4.69, 9.17) is 21.1 Å². The second kappa shape index (κ2) is 13.4. The lowest BCUT2D eigenvalue weighted by Crippen LogP contribution is -1.85. The summed E-state index contributed by atoms with van der Waals surface area (Å²) in [6, 6.07) is 23.4. The summed E-state index contributed by atoms with van der Waals surface area (Å²) >= 11 is 5.78. The van der Waals surface area contributed by atoms with Crippen LogP contribution in [-0.2, 0) is 0 Å². The van der Waals surface area contributed by atoms with Gasteiger partial charge in [0.05, 0.1) is 37.5 Å². The van der Waals surface area contributed by atoms with Gasteiger partial charge in [-0.2, -0.15) is 10.5 Å². The largest absolute Gasteiger partial charge is 0.497 e. The summed E-state index contributed by atoms with van der Waals surface area (Å²) < 4.78 is 10.5. The van der Waals surface area contributed by atoms with Crippen molar-refractivity contribution in [2.24, 2.45) is 0 Å². The molecule has 0 aliphatic rings. The number of fused-ring (bicyclic) bond motifs is 2. The van der Waals surface area contributed by atoms with Crippen molar-refractivity contribution in [3.05, 3.63) is 119 Å². The zero-order chi connectivity index (χ0) is 31.1. The zero-order valence-electron chi connectivity index (χ0n) is 24.2. The molecule has 9 heteroatoms. The molecule has 0 fully saturated rings. The van der Waals surface area contributed by atoms with E-state index in [-0.39, 0.29) is 0 Å². The molecule has 0 aliphatic carbocycles. The zero-order valence-corrected chi connectivity index (χ0v) is 25.0. The predicted molar refractivity (Wildman–Crippen MR) is 175 cm³/mol. The Balaban J connectivity index is 0.000000175. The molecule has 0 amide bonds. The first kappa shape index (κ1) is 29.7. The fraction of sp³-hybridized carbons (Fsp3) is 0.0857. The maximum absolute atomic E-state index is 9.52. The summed E-state index contributed by atoms with van der Waals surface area (Å²) in [4.78, 5) is 14.6. The van der Waals surface area contributed by atoms with Crippen molar-refractivity contribution >= 4 is 56.7 Å². The van der Waals surface area contributed by atoms with Gasteiger partial charge >= 0.3 is 0 Å². The Morgan fingerprint density at radius 2 is 1.23 bits per heavy atom. The van der Waals surface area contributed by atoms with Crippen molar-refractivity contribution in [3.63, 3.8) is 0 Å². The molecule has 0 radical (unpaired) electrons. The highest BCUT2D eigenvalue weighted by atomic mass is 35.5. The van der Waals surface area contributed by atoms with Crippen LogP contribution >= 0.6 is 11.6 Å². The third-order valence-electron chi connectivity index (χ3n) is 6.91. The number of H-pyrrole nitrogens is 2. The molecule has 216 valence electrons. The van der Waals surface area contributed by atoms with Crippen LogP contribution in [0.15, 0.2) is 85.5 Å². The average Bonchev–Trinajstić information content (AvgIpc) is 3.68. The maximum atomic E-state index is 9.52. The third kappa shape index (κ3) is 6.63. The van der Waals surface area contributed by atoms with Crippen LogP contribution in [0, 0.1) is 29.6 Å². The quantitative estimate of drug-likeness (QED) is 0.147. The Hall–Kier alpha value is -5.83. The molecule has 0 saturated carbocycles. The SMILES string of the molecule is COc1ccc2[nH]cc(/C(C#N)=C/c3ccc(C)nc3)c2c1.COc1ccc2[nH]cc(/C(C#N)=C/c3ccc(Cl)nc3)c2c1. The summed E-state index contributed by atoms with van der Waals surface area (Å²) in [5.41, 5.74) is 7.41. The minimum atomic E-state index is 0.424. The second-order valence-electron chi connectivity index (χ2n) is 9.71. The van der Waals surface area contributed by atoms with Crippen molar-refractivity contribution in [2.75, 3.05) is 14.2 Å². The molecule has 2 N–H and O–H groups in total. The van der Waals surface area contributed by atoms with Gasteiger partial charge < -0.3 is 19.4 Å². The van der Waals surface area contributed by atoms with Crippen molar-refractivity contribution in [1.29, 1.82) is 10.5 Å². The highest BCUT2D eigenvalue weighted by Gasteiger charge is 2.11. The second-order valence-corrected chi connectivity index (χ2v) is 10.1. The van der Waals surface area contributed by atoms with E-state index in [1.165, 1.54) is 0 Å². The highest BCUT2D eigenvalue weighted by Crippen LogP contribution is 2.30. The molecular formula is C35H27ClN6O2. The maximum Gasteiger partial charge on any atom is 0.129 e. The van der Waals surface area contributed by atoms with Crippen LogP contribution in [0.3, 0.4) is 0 Å². The molecule has 44 heavy (non-hydrogen) atoms. The number of aromatic nitrogens is 4. The molecule has 0 unspecified atom stereocenters. The molecule has 0 spiro atoms. The Kier molecular flexibility index (Phi) is 9.05. The van der Waals surface area contributed by atoms with E-state index >= 15 is 0 Å². The van der Waals surface area contributed by atoms with Gasteiger partial charge in [-0.25, -0.2) is 4.98 Å². The van der Waals surface area contributed by atoms with E-state index in [9.17, 15) is 10.5 Å².